The van der Waals surface area contributed by atoms with Gasteiger partial charge in [0.25, 0.3) is 5.91 Å². The van der Waals surface area contributed by atoms with E-state index in [1.165, 1.54) is 0 Å². The maximum atomic E-state index is 12.7. The van der Waals surface area contributed by atoms with Crippen molar-refractivity contribution < 1.29 is 4.79 Å². The average molecular weight is 276 g/mol. The number of hydrogen-bond acceptors (Lipinski definition) is 4. The van der Waals surface area contributed by atoms with Crippen molar-refractivity contribution in [2.24, 2.45) is 7.05 Å². The maximum Gasteiger partial charge on any atom is 0.279 e. The molecule has 2 heterocycles. The van der Waals surface area contributed by atoms with Crippen molar-refractivity contribution in [2.75, 3.05) is 17.7 Å². The third-order valence-corrected chi connectivity index (χ3v) is 3.30. The number of nitrogens with zero attached hydrogens (tertiary/aromatic N) is 5. The summed E-state index contributed by atoms with van der Waals surface area (Å²) in [7, 11) is 3.51. The Morgan fingerprint density at radius 1 is 1.40 bits per heavy atom. The highest BCUT2D eigenvalue weighted by Gasteiger charge is 2.24. The third kappa shape index (κ3) is 2.15. The molecule has 0 aromatic carbocycles. The summed E-state index contributed by atoms with van der Waals surface area (Å²) in [6.07, 6.45) is 0. The van der Waals surface area contributed by atoms with Crippen LogP contribution in [-0.2, 0) is 13.6 Å². The lowest BCUT2D eigenvalue weighted by Gasteiger charge is -2.17. The Morgan fingerprint density at radius 3 is 2.55 bits per heavy atom. The van der Waals surface area contributed by atoms with E-state index >= 15 is 0 Å². The Balaban J connectivity index is 2.44. The van der Waals surface area contributed by atoms with Gasteiger partial charge < -0.3 is 5.73 Å². The molecule has 0 atom stereocenters. The number of nitrogen functional groups attached to an aromatic ring is 1. The van der Waals surface area contributed by atoms with Crippen LogP contribution in [0, 0.1) is 13.8 Å². The maximum absolute atomic E-state index is 12.7. The molecule has 0 saturated carbocycles. The Morgan fingerprint density at radius 2 is 2.05 bits per heavy atom. The number of anilines is 2. The monoisotopic (exact) mass is 276 g/mol. The van der Waals surface area contributed by atoms with Crippen molar-refractivity contribution in [3.8, 4) is 0 Å². The van der Waals surface area contributed by atoms with E-state index < -0.39 is 0 Å². The van der Waals surface area contributed by atoms with E-state index in [2.05, 4.69) is 10.2 Å². The van der Waals surface area contributed by atoms with Crippen LogP contribution in [0.4, 0.5) is 11.5 Å². The van der Waals surface area contributed by atoms with Gasteiger partial charge in [-0.1, -0.05) is 0 Å². The summed E-state index contributed by atoms with van der Waals surface area (Å²) in [6, 6.07) is 1.85. The van der Waals surface area contributed by atoms with E-state index in [9.17, 15) is 4.79 Å². The molecule has 0 saturated heterocycles. The van der Waals surface area contributed by atoms with Crippen LogP contribution in [0.5, 0.6) is 0 Å². The first-order valence-corrected chi connectivity index (χ1v) is 6.48. The molecule has 0 aliphatic carbocycles. The zero-order chi connectivity index (χ0) is 15.0. The molecule has 2 rings (SSSR count). The van der Waals surface area contributed by atoms with Gasteiger partial charge in [-0.3, -0.25) is 19.1 Å². The standard InChI is InChI=1S/C13H20N6O/c1-6-19-12(11(14)9(3)16-19)13(20)17(4)10-7-8(2)15-18(10)5/h7H,6,14H2,1-5H3. The molecule has 2 aromatic rings. The molecular formula is C13H20N6O. The summed E-state index contributed by atoms with van der Waals surface area (Å²) in [4.78, 5) is 14.2. The highest BCUT2D eigenvalue weighted by Crippen LogP contribution is 2.21. The number of amides is 1. The van der Waals surface area contributed by atoms with E-state index in [1.807, 2.05) is 19.9 Å². The predicted molar refractivity (Wildman–Crippen MR) is 77.7 cm³/mol. The van der Waals surface area contributed by atoms with Gasteiger partial charge in [0.1, 0.15) is 11.5 Å². The summed E-state index contributed by atoms with van der Waals surface area (Å²) in [6.45, 7) is 6.21. The lowest BCUT2D eigenvalue weighted by atomic mass is 10.2. The van der Waals surface area contributed by atoms with Crippen molar-refractivity contribution in [3.05, 3.63) is 23.1 Å². The van der Waals surface area contributed by atoms with E-state index in [4.69, 9.17) is 5.73 Å². The first kappa shape index (κ1) is 14.1. The number of carbonyl (C=O) groups excluding carboxylic acids is 1. The van der Waals surface area contributed by atoms with Crippen LogP contribution in [0.2, 0.25) is 0 Å². The van der Waals surface area contributed by atoms with Crippen LogP contribution in [0.15, 0.2) is 6.07 Å². The first-order chi connectivity index (χ1) is 9.36. The van der Waals surface area contributed by atoms with E-state index in [0.717, 1.165) is 5.69 Å². The molecule has 0 aliphatic heterocycles. The lowest BCUT2D eigenvalue weighted by molar-refractivity contribution is 0.0982. The second-order valence-electron chi connectivity index (χ2n) is 4.80. The summed E-state index contributed by atoms with van der Waals surface area (Å²) in [5, 5.41) is 8.52. The van der Waals surface area contributed by atoms with Crippen molar-refractivity contribution in [3.63, 3.8) is 0 Å². The molecule has 0 aliphatic rings. The van der Waals surface area contributed by atoms with Crippen LogP contribution in [0.3, 0.4) is 0 Å². The van der Waals surface area contributed by atoms with E-state index in [-0.39, 0.29) is 5.91 Å². The second kappa shape index (κ2) is 4.99. The molecule has 108 valence electrons. The van der Waals surface area contributed by atoms with Gasteiger partial charge in [-0.15, -0.1) is 0 Å². The minimum Gasteiger partial charge on any atom is -0.395 e. The van der Waals surface area contributed by atoms with Crippen molar-refractivity contribution >= 4 is 17.4 Å². The van der Waals surface area contributed by atoms with Crippen LogP contribution in [0.25, 0.3) is 0 Å². The molecule has 7 heteroatoms. The Labute approximate surface area is 118 Å². The fraction of sp³-hybridized carbons (Fsp3) is 0.462. The summed E-state index contributed by atoms with van der Waals surface area (Å²) in [5.74, 6) is 0.529. The van der Waals surface area contributed by atoms with E-state index in [0.29, 0.717) is 29.4 Å². The normalized spacial score (nSPS) is 10.8. The fourth-order valence-corrected chi connectivity index (χ4v) is 2.22. The zero-order valence-electron chi connectivity index (χ0n) is 12.5. The summed E-state index contributed by atoms with van der Waals surface area (Å²) >= 11 is 0. The van der Waals surface area contributed by atoms with Gasteiger partial charge in [0.15, 0.2) is 0 Å². The minimum atomic E-state index is -0.187. The number of carbonyl (C=O) groups is 1. The Bertz CT molecular complexity index is 654. The van der Waals surface area contributed by atoms with Gasteiger partial charge in [0.2, 0.25) is 0 Å². The topological polar surface area (TPSA) is 82.0 Å². The highest BCUT2D eigenvalue weighted by atomic mass is 16.2. The van der Waals surface area contributed by atoms with Gasteiger partial charge >= 0.3 is 0 Å². The summed E-state index contributed by atoms with van der Waals surface area (Å²) < 4.78 is 3.30. The number of nitrogens with two attached hydrogens (primary N) is 1. The largest absolute Gasteiger partial charge is 0.395 e. The van der Waals surface area contributed by atoms with Gasteiger partial charge in [-0.2, -0.15) is 10.2 Å². The molecule has 0 radical (unpaired) electrons. The zero-order valence-corrected chi connectivity index (χ0v) is 12.5. The molecule has 20 heavy (non-hydrogen) atoms. The highest BCUT2D eigenvalue weighted by molar-refractivity contribution is 6.07. The SMILES string of the molecule is CCn1nc(C)c(N)c1C(=O)N(C)c1cc(C)nn1C. The molecule has 0 bridgehead atoms. The van der Waals surface area contributed by atoms with Crippen molar-refractivity contribution in [1.29, 1.82) is 0 Å². The minimum absolute atomic E-state index is 0.187. The number of aromatic nitrogens is 4. The average Bonchev–Trinajstić information content (AvgIpc) is 2.88. The quantitative estimate of drug-likeness (QED) is 0.910. The third-order valence-electron chi connectivity index (χ3n) is 3.30. The molecule has 2 aromatic heterocycles. The molecule has 1 amide bonds. The molecule has 0 unspecified atom stereocenters. The number of aryl methyl sites for hydroxylation is 4. The van der Waals surface area contributed by atoms with Crippen LogP contribution >= 0.6 is 0 Å². The van der Waals surface area contributed by atoms with Crippen LogP contribution in [0.1, 0.15) is 28.8 Å². The van der Waals surface area contributed by atoms with Crippen LogP contribution in [-0.4, -0.2) is 32.5 Å². The molecule has 2 N–H and O–H groups in total. The Hall–Kier alpha value is -2.31. The smallest absolute Gasteiger partial charge is 0.279 e. The molecular weight excluding hydrogens is 256 g/mol. The molecule has 7 nitrogen and oxygen atoms in total. The van der Waals surface area contributed by atoms with Gasteiger partial charge in [0, 0.05) is 26.7 Å². The van der Waals surface area contributed by atoms with Gasteiger partial charge in [-0.05, 0) is 20.8 Å². The van der Waals surface area contributed by atoms with Crippen LogP contribution < -0.4 is 10.6 Å². The predicted octanol–water partition coefficient (Wildman–Crippen LogP) is 1.11. The Kier molecular flexibility index (Phi) is 3.52. The first-order valence-electron chi connectivity index (χ1n) is 6.48. The van der Waals surface area contributed by atoms with Crippen molar-refractivity contribution in [2.45, 2.75) is 27.3 Å². The van der Waals surface area contributed by atoms with E-state index in [1.54, 1.807) is 35.3 Å². The second-order valence-corrected chi connectivity index (χ2v) is 4.80. The lowest BCUT2D eigenvalue weighted by Crippen LogP contribution is -2.30. The molecule has 0 fully saturated rings. The van der Waals surface area contributed by atoms with Gasteiger partial charge in [0.05, 0.1) is 17.1 Å². The van der Waals surface area contributed by atoms with Crippen molar-refractivity contribution in [1.82, 2.24) is 19.6 Å². The molecule has 0 spiro atoms. The fourth-order valence-electron chi connectivity index (χ4n) is 2.22. The number of hydrogen-bond donors (Lipinski definition) is 1. The number of rotatable bonds is 3. The van der Waals surface area contributed by atoms with Gasteiger partial charge in [-0.25, -0.2) is 0 Å². The summed E-state index contributed by atoms with van der Waals surface area (Å²) in [5.41, 5.74) is 8.37.